The molecule has 26 heavy (non-hydrogen) atoms. The van der Waals surface area contributed by atoms with Crippen LogP contribution in [0.2, 0.25) is 0 Å². The maximum atomic E-state index is 13.0. The van der Waals surface area contributed by atoms with E-state index in [-0.39, 0.29) is 12.2 Å². The van der Waals surface area contributed by atoms with Gasteiger partial charge in [0.25, 0.3) is 0 Å². The maximum Gasteiger partial charge on any atom is 0.417 e. The lowest BCUT2D eigenvalue weighted by Crippen LogP contribution is -2.14. The second kappa shape index (κ2) is 7.97. The summed E-state index contributed by atoms with van der Waals surface area (Å²) < 4.78 is 49.3. The molecule has 2 N–H and O–H groups in total. The van der Waals surface area contributed by atoms with E-state index < -0.39 is 23.4 Å². The molecule has 2 aromatic rings. The van der Waals surface area contributed by atoms with Gasteiger partial charge in [-0.2, -0.15) is 18.4 Å². The molecule has 0 heterocycles. The van der Waals surface area contributed by atoms with Gasteiger partial charge in [-0.25, -0.2) is 0 Å². The number of hydrogen-bond donors (Lipinski definition) is 2. The first-order chi connectivity index (χ1) is 12.3. The highest BCUT2D eigenvalue weighted by Crippen LogP contribution is 2.34. The molecule has 138 valence electrons. The number of nitrogens with zero attached hydrogens (tertiary/aromatic N) is 1. The summed E-state index contributed by atoms with van der Waals surface area (Å²) in [6, 6.07) is 9.68. The van der Waals surface area contributed by atoms with Crippen molar-refractivity contribution in [2.45, 2.75) is 12.3 Å². The number of rotatable bonds is 6. The second-order valence-corrected chi connectivity index (χ2v) is 5.37. The average Bonchev–Trinajstić information content (AvgIpc) is 2.64. The summed E-state index contributed by atoms with van der Waals surface area (Å²) >= 11 is 0. The number of aliphatic hydroxyl groups is 1. The molecule has 0 aliphatic heterocycles. The second-order valence-electron chi connectivity index (χ2n) is 5.37. The molecule has 1 unspecified atom stereocenters. The summed E-state index contributed by atoms with van der Waals surface area (Å²) in [5.74, 6) is 0.938. The van der Waals surface area contributed by atoms with Gasteiger partial charge < -0.3 is 19.9 Å². The summed E-state index contributed by atoms with van der Waals surface area (Å²) in [5, 5.41) is 21.9. The Morgan fingerprint density at radius 2 is 1.88 bits per heavy atom. The Morgan fingerprint density at radius 1 is 1.15 bits per heavy atom. The van der Waals surface area contributed by atoms with Gasteiger partial charge in [0.1, 0.15) is 11.5 Å². The van der Waals surface area contributed by atoms with Gasteiger partial charge in [-0.15, -0.1) is 0 Å². The summed E-state index contributed by atoms with van der Waals surface area (Å²) in [5.41, 5.74) is -0.919. The number of methoxy groups -OCH3 is 2. The molecule has 1 atom stereocenters. The molecule has 8 heteroatoms. The van der Waals surface area contributed by atoms with Crippen molar-refractivity contribution in [2.24, 2.45) is 0 Å². The number of nitrogens with one attached hydrogen (secondary N) is 1. The van der Waals surface area contributed by atoms with Gasteiger partial charge in [-0.05, 0) is 36.4 Å². The average molecular weight is 366 g/mol. The molecule has 0 aliphatic carbocycles. The van der Waals surface area contributed by atoms with Crippen LogP contribution in [0.15, 0.2) is 36.4 Å². The van der Waals surface area contributed by atoms with E-state index in [1.54, 1.807) is 18.2 Å². The van der Waals surface area contributed by atoms with Gasteiger partial charge >= 0.3 is 6.18 Å². The van der Waals surface area contributed by atoms with Crippen LogP contribution in [0.25, 0.3) is 0 Å². The van der Waals surface area contributed by atoms with Gasteiger partial charge in [-0.3, -0.25) is 0 Å². The minimum absolute atomic E-state index is 0.0628. The molecule has 0 radical (unpaired) electrons. The van der Waals surface area contributed by atoms with Gasteiger partial charge in [0.2, 0.25) is 0 Å². The van der Waals surface area contributed by atoms with Crippen molar-refractivity contribution in [1.82, 2.24) is 0 Å². The fourth-order valence-electron chi connectivity index (χ4n) is 2.41. The zero-order valence-corrected chi connectivity index (χ0v) is 14.1. The lowest BCUT2D eigenvalue weighted by Gasteiger charge is -2.18. The van der Waals surface area contributed by atoms with E-state index >= 15 is 0 Å². The van der Waals surface area contributed by atoms with E-state index in [1.165, 1.54) is 26.4 Å². The van der Waals surface area contributed by atoms with Crippen LogP contribution in [0, 0.1) is 11.3 Å². The van der Waals surface area contributed by atoms with Crippen molar-refractivity contribution < 1.29 is 27.8 Å². The van der Waals surface area contributed by atoms with Crippen molar-refractivity contribution in [3.63, 3.8) is 0 Å². The summed E-state index contributed by atoms with van der Waals surface area (Å²) in [7, 11) is 2.92. The molecule has 0 fully saturated rings. The summed E-state index contributed by atoms with van der Waals surface area (Å²) in [4.78, 5) is 0. The van der Waals surface area contributed by atoms with Crippen molar-refractivity contribution in [2.75, 3.05) is 26.1 Å². The monoisotopic (exact) mass is 366 g/mol. The first-order valence-electron chi connectivity index (χ1n) is 7.55. The Labute approximate surface area is 148 Å². The molecule has 0 bridgehead atoms. The molecule has 0 spiro atoms. The van der Waals surface area contributed by atoms with Gasteiger partial charge in [0.15, 0.2) is 0 Å². The van der Waals surface area contributed by atoms with Crippen LogP contribution in [-0.4, -0.2) is 25.9 Å². The number of halogens is 3. The van der Waals surface area contributed by atoms with Crippen LogP contribution in [0.5, 0.6) is 11.5 Å². The highest BCUT2D eigenvalue weighted by molar-refractivity contribution is 5.53. The number of aliphatic hydroxyl groups excluding tert-OH is 1. The van der Waals surface area contributed by atoms with Crippen molar-refractivity contribution in [3.8, 4) is 17.6 Å². The molecule has 2 rings (SSSR count). The molecular weight excluding hydrogens is 349 g/mol. The standard InChI is InChI=1S/C18H17F3N2O3/c1-25-13-5-6-17(26-2)14(8-13)16(24)10-23-12-4-3-11(9-22)15(7-12)18(19,20)21/h3-8,16,23-24H,10H2,1-2H3. The first-order valence-corrected chi connectivity index (χ1v) is 7.55. The highest BCUT2D eigenvalue weighted by Gasteiger charge is 2.33. The third-order valence-corrected chi connectivity index (χ3v) is 3.74. The van der Waals surface area contributed by atoms with E-state index in [1.807, 2.05) is 0 Å². The normalized spacial score (nSPS) is 12.2. The molecule has 2 aromatic carbocycles. The lowest BCUT2D eigenvalue weighted by molar-refractivity contribution is -0.137. The topological polar surface area (TPSA) is 74.5 Å². The third-order valence-electron chi connectivity index (χ3n) is 3.74. The van der Waals surface area contributed by atoms with Crippen molar-refractivity contribution >= 4 is 5.69 Å². The number of ether oxygens (including phenoxy) is 2. The fraction of sp³-hybridized carbons (Fsp3) is 0.278. The minimum Gasteiger partial charge on any atom is -0.497 e. The zero-order chi connectivity index (χ0) is 19.3. The van der Waals surface area contributed by atoms with Crippen LogP contribution in [0.1, 0.15) is 22.8 Å². The van der Waals surface area contributed by atoms with Gasteiger partial charge in [0, 0.05) is 17.8 Å². The van der Waals surface area contributed by atoms with Crippen LogP contribution >= 0.6 is 0 Å². The zero-order valence-electron chi connectivity index (χ0n) is 14.1. The van der Waals surface area contributed by atoms with E-state index in [0.717, 1.165) is 12.1 Å². The predicted molar refractivity (Wildman–Crippen MR) is 89.2 cm³/mol. The quantitative estimate of drug-likeness (QED) is 0.815. The molecule has 0 saturated carbocycles. The number of alkyl halides is 3. The number of nitriles is 1. The lowest BCUT2D eigenvalue weighted by atomic mass is 10.1. The van der Waals surface area contributed by atoms with Crippen LogP contribution in [-0.2, 0) is 6.18 Å². The number of anilines is 1. The summed E-state index contributed by atoms with van der Waals surface area (Å²) in [6.07, 6.45) is -5.69. The molecular formula is C18H17F3N2O3. The highest BCUT2D eigenvalue weighted by atomic mass is 19.4. The fourth-order valence-corrected chi connectivity index (χ4v) is 2.41. The minimum atomic E-state index is -4.64. The third kappa shape index (κ3) is 4.37. The largest absolute Gasteiger partial charge is 0.497 e. The Morgan fingerprint density at radius 3 is 2.46 bits per heavy atom. The van der Waals surface area contributed by atoms with Gasteiger partial charge in [0.05, 0.1) is 37.5 Å². The van der Waals surface area contributed by atoms with E-state index in [4.69, 9.17) is 14.7 Å². The van der Waals surface area contributed by atoms with Crippen LogP contribution < -0.4 is 14.8 Å². The van der Waals surface area contributed by atoms with Crippen LogP contribution in [0.3, 0.4) is 0 Å². The van der Waals surface area contributed by atoms with E-state index in [2.05, 4.69) is 5.32 Å². The number of benzene rings is 2. The predicted octanol–water partition coefficient (Wildman–Crippen LogP) is 3.74. The smallest absolute Gasteiger partial charge is 0.417 e. The van der Waals surface area contributed by atoms with Crippen molar-refractivity contribution in [3.05, 3.63) is 53.1 Å². The van der Waals surface area contributed by atoms with Gasteiger partial charge in [-0.1, -0.05) is 0 Å². The molecule has 5 nitrogen and oxygen atoms in total. The first kappa shape index (κ1) is 19.4. The molecule has 0 amide bonds. The Bertz CT molecular complexity index is 816. The Balaban J connectivity index is 2.20. The van der Waals surface area contributed by atoms with Crippen molar-refractivity contribution in [1.29, 1.82) is 5.26 Å². The number of hydrogen-bond acceptors (Lipinski definition) is 5. The van der Waals surface area contributed by atoms with Crippen LogP contribution in [0.4, 0.5) is 18.9 Å². The Hall–Kier alpha value is -2.92. The van der Waals surface area contributed by atoms with E-state index in [9.17, 15) is 18.3 Å². The molecule has 0 saturated heterocycles. The maximum absolute atomic E-state index is 13.0. The summed E-state index contributed by atoms with van der Waals surface area (Å²) in [6.45, 7) is -0.0628. The Kier molecular flexibility index (Phi) is 5.95. The molecule has 0 aliphatic rings. The SMILES string of the molecule is COc1ccc(OC)c(C(O)CNc2ccc(C#N)c(C(F)(F)F)c2)c1. The van der Waals surface area contributed by atoms with E-state index in [0.29, 0.717) is 17.1 Å². The molecule has 0 aromatic heterocycles.